The van der Waals surface area contributed by atoms with Gasteiger partial charge >= 0.3 is 0 Å². The van der Waals surface area contributed by atoms with Crippen LogP contribution in [0.2, 0.25) is 5.28 Å². The van der Waals surface area contributed by atoms with Gasteiger partial charge in [0.1, 0.15) is 11.7 Å². The number of halogens is 1. The van der Waals surface area contributed by atoms with Crippen molar-refractivity contribution in [3.05, 3.63) is 11.5 Å². The van der Waals surface area contributed by atoms with Gasteiger partial charge in [0.15, 0.2) is 5.82 Å². The quantitative estimate of drug-likeness (QED) is 0.755. The predicted molar refractivity (Wildman–Crippen MR) is 70.7 cm³/mol. The first-order valence-electron chi connectivity index (χ1n) is 5.74. The van der Waals surface area contributed by atoms with Crippen LogP contribution in [0.4, 0.5) is 11.5 Å². The second kappa shape index (κ2) is 4.70. The number of aromatic nitrogens is 2. The number of amides is 1. The van der Waals surface area contributed by atoms with Crippen molar-refractivity contribution in [2.24, 2.45) is 0 Å². The smallest absolute Gasteiger partial charge is 0.251 e. The average molecular weight is 270 g/mol. The normalized spacial score (nSPS) is 19.4. The molecule has 1 atom stereocenters. The molecule has 0 spiro atoms. The van der Waals surface area contributed by atoms with Crippen LogP contribution in [0.1, 0.15) is 13.3 Å². The van der Waals surface area contributed by atoms with Gasteiger partial charge in [-0.05, 0) is 18.0 Å². The predicted octanol–water partition coefficient (Wildman–Crippen LogP) is 1.17. The lowest BCUT2D eigenvalue weighted by Crippen LogP contribution is -2.57. The first-order valence-corrected chi connectivity index (χ1v) is 6.11. The highest BCUT2D eigenvalue weighted by Crippen LogP contribution is 2.34. The van der Waals surface area contributed by atoms with Crippen molar-refractivity contribution >= 4 is 29.0 Å². The van der Waals surface area contributed by atoms with Crippen molar-refractivity contribution < 1.29 is 4.79 Å². The van der Waals surface area contributed by atoms with Crippen molar-refractivity contribution in [2.75, 3.05) is 31.1 Å². The molecule has 0 fully saturated rings. The topological polar surface area (TPSA) is 52.6 Å². The highest BCUT2D eigenvalue weighted by Gasteiger charge is 2.38. The number of carbonyl (C=O) groups is 1. The molecule has 1 unspecified atom stereocenters. The van der Waals surface area contributed by atoms with Crippen LogP contribution in [0.15, 0.2) is 6.20 Å². The van der Waals surface area contributed by atoms with Crippen molar-refractivity contribution in [1.29, 1.82) is 0 Å². The Morgan fingerprint density at radius 2 is 2.17 bits per heavy atom. The minimum atomic E-state index is -0.261. The number of likely N-dealkylation sites (N-methyl/N-ethyl adjacent to an activating group) is 1. The molecule has 0 aliphatic carbocycles. The Morgan fingerprint density at radius 1 is 1.50 bits per heavy atom. The highest BCUT2D eigenvalue weighted by atomic mass is 35.5. The zero-order valence-corrected chi connectivity index (χ0v) is 11.6. The van der Waals surface area contributed by atoms with E-state index in [4.69, 9.17) is 11.6 Å². The van der Waals surface area contributed by atoms with Gasteiger partial charge in [-0.15, -0.1) is 0 Å². The Morgan fingerprint density at radius 3 is 2.72 bits per heavy atom. The van der Waals surface area contributed by atoms with Crippen molar-refractivity contribution in [2.45, 2.75) is 19.4 Å². The van der Waals surface area contributed by atoms with E-state index in [-0.39, 0.29) is 17.2 Å². The van der Waals surface area contributed by atoms with E-state index in [2.05, 4.69) is 9.97 Å². The molecule has 0 radical (unpaired) electrons. The maximum atomic E-state index is 12.3. The summed E-state index contributed by atoms with van der Waals surface area (Å²) in [5.41, 5.74) is 0.669. The van der Waals surface area contributed by atoms with Crippen molar-refractivity contribution in [1.82, 2.24) is 15.0 Å². The van der Waals surface area contributed by atoms with E-state index in [0.717, 1.165) is 0 Å². The summed E-state index contributed by atoms with van der Waals surface area (Å²) in [6, 6.07) is -0.261. The monoisotopic (exact) mass is 269 g/mol. The van der Waals surface area contributed by atoms with Gasteiger partial charge in [0.2, 0.25) is 5.28 Å². The second-order valence-corrected chi connectivity index (χ2v) is 4.70. The van der Waals surface area contributed by atoms with E-state index >= 15 is 0 Å². The summed E-state index contributed by atoms with van der Waals surface area (Å²) in [6.45, 7) is 1.97. The lowest BCUT2D eigenvalue weighted by molar-refractivity contribution is -0.120. The highest BCUT2D eigenvalue weighted by molar-refractivity contribution is 6.28. The number of anilines is 2. The number of rotatable bonds is 2. The van der Waals surface area contributed by atoms with E-state index in [9.17, 15) is 4.79 Å². The van der Waals surface area contributed by atoms with Crippen LogP contribution in [0.5, 0.6) is 0 Å². The fourth-order valence-electron chi connectivity index (χ4n) is 2.16. The zero-order chi connectivity index (χ0) is 13.4. The maximum absolute atomic E-state index is 12.3. The van der Waals surface area contributed by atoms with Gasteiger partial charge in [0, 0.05) is 21.1 Å². The van der Waals surface area contributed by atoms with Gasteiger partial charge in [0.25, 0.3) is 5.91 Å². The Hall–Kier alpha value is -1.40. The molecule has 1 aromatic rings. The number of hydrogen-bond donors (Lipinski definition) is 0. The lowest BCUT2D eigenvalue weighted by Gasteiger charge is -2.42. The Balaban J connectivity index is 2.60. The van der Waals surface area contributed by atoms with E-state index in [1.165, 1.54) is 0 Å². The minimum absolute atomic E-state index is 0.0321. The molecule has 0 aromatic carbocycles. The summed E-state index contributed by atoms with van der Waals surface area (Å²) in [4.78, 5) is 22.1. The SMILES string of the molecule is CCC1C(=O)N(C)c2cnc(Cl)nc2N1N(C)C. The molecule has 98 valence electrons. The van der Waals surface area contributed by atoms with Crippen molar-refractivity contribution in [3.63, 3.8) is 0 Å². The third kappa shape index (κ3) is 1.91. The molecule has 18 heavy (non-hydrogen) atoms. The Labute approximate surface area is 111 Å². The molecule has 1 aliphatic heterocycles. The molecular formula is C11H16ClN5O. The molecule has 1 aliphatic rings. The average Bonchev–Trinajstić information content (AvgIpc) is 2.32. The van der Waals surface area contributed by atoms with Gasteiger partial charge in [-0.2, -0.15) is 4.98 Å². The van der Waals surface area contributed by atoms with Crippen LogP contribution in [0.25, 0.3) is 0 Å². The van der Waals surface area contributed by atoms with E-state index in [0.29, 0.717) is 17.9 Å². The number of hydrazine groups is 1. The summed E-state index contributed by atoms with van der Waals surface area (Å²) < 4.78 is 0. The fraction of sp³-hybridized carbons (Fsp3) is 0.545. The summed E-state index contributed by atoms with van der Waals surface area (Å²) in [7, 11) is 5.48. The molecule has 1 amide bonds. The summed E-state index contributed by atoms with van der Waals surface area (Å²) in [5.74, 6) is 0.693. The van der Waals surface area contributed by atoms with Crippen LogP contribution in [0, 0.1) is 0 Å². The van der Waals surface area contributed by atoms with Crippen LogP contribution in [-0.4, -0.2) is 48.1 Å². The van der Waals surface area contributed by atoms with Gasteiger partial charge in [-0.3, -0.25) is 9.80 Å². The van der Waals surface area contributed by atoms with Gasteiger partial charge in [0.05, 0.1) is 6.20 Å². The number of carbonyl (C=O) groups excluding carboxylic acids is 1. The van der Waals surface area contributed by atoms with E-state index in [1.54, 1.807) is 18.1 Å². The molecule has 0 saturated carbocycles. The number of nitrogens with zero attached hydrogens (tertiary/aromatic N) is 5. The molecular weight excluding hydrogens is 254 g/mol. The van der Waals surface area contributed by atoms with Crippen molar-refractivity contribution in [3.8, 4) is 0 Å². The zero-order valence-electron chi connectivity index (χ0n) is 10.9. The summed E-state index contributed by atoms with van der Waals surface area (Å²) >= 11 is 5.85. The van der Waals surface area contributed by atoms with Crippen LogP contribution >= 0.6 is 11.6 Å². The second-order valence-electron chi connectivity index (χ2n) is 4.36. The van der Waals surface area contributed by atoms with Crippen LogP contribution in [-0.2, 0) is 4.79 Å². The molecule has 0 saturated heterocycles. The molecule has 2 heterocycles. The molecule has 2 rings (SSSR count). The van der Waals surface area contributed by atoms with E-state index in [1.807, 2.05) is 31.0 Å². The number of fused-ring (bicyclic) bond motifs is 1. The summed E-state index contributed by atoms with van der Waals surface area (Å²) in [6.07, 6.45) is 2.27. The van der Waals surface area contributed by atoms with Gasteiger partial charge in [-0.25, -0.2) is 9.99 Å². The summed E-state index contributed by atoms with van der Waals surface area (Å²) in [5, 5.41) is 3.88. The Kier molecular flexibility index (Phi) is 3.41. The first-order chi connectivity index (χ1) is 8.47. The largest absolute Gasteiger partial charge is 0.309 e. The van der Waals surface area contributed by atoms with Crippen LogP contribution in [0.3, 0.4) is 0 Å². The molecule has 6 nitrogen and oxygen atoms in total. The maximum Gasteiger partial charge on any atom is 0.251 e. The van der Waals surface area contributed by atoms with Gasteiger partial charge < -0.3 is 4.90 Å². The molecule has 1 aromatic heterocycles. The van der Waals surface area contributed by atoms with Crippen LogP contribution < -0.4 is 9.91 Å². The third-order valence-corrected chi connectivity index (χ3v) is 3.21. The molecule has 7 heteroatoms. The van der Waals surface area contributed by atoms with E-state index < -0.39 is 0 Å². The minimum Gasteiger partial charge on any atom is -0.309 e. The molecule has 0 bridgehead atoms. The third-order valence-electron chi connectivity index (χ3n) is 3.03. The first kappa shape index (κ1) is 13.0. The lowest BCUT2D eigenvalue weighted by atomic mass is 10.1. The standard InChI is InChI=1S/C11H16ClN5O/c1-5-7-10(18)16(4)8-6-13-11(12)14-9(8)17(7)15(2)3/h6-7H,5H2,1-4H3. The number of hydrogen-bond acceptors (Lipinski definition) is 5. The molecule has 0 N–H and O–H groups in total. The Bertz CT molecular complexity index is 479. The van der Waals surface area contributed by atoms with Gasteiger partial charge in [-0.1, -0.05) is 6.92 Å². The fourth-order valence-corrected chi connectivity index (χ4v) is 2.29.